The second-order valence-corrected chi connectivity index (χ2v) is 3.87. The van der Waals surface area contributed by atoms with E-state index >= 15 is 0 Å². The van der Waals surface area contributed by atoms with E-state index in [0.717, 1.165) is 0 Å². The van der Waals surface area contributed by atoms with Gasteiger partial charge in [-0.2, -0.15) is 0 Å². The van der Waals surface area contributed by atoms with Crippen LogP contribution in [0.4, 0.5) is 4.39 Å². The number of carbonyl (C=O) groups excluding carboxylic acids is 1. The Morgan fingerprint density at radius 1 is 1.62 bits per heavy atom. The van der Waals surface area contributed by atoms with E-state index in [-0.39, 0.29) is 5.82 Å². The summed E-state index contributed by atoms with van der Waals surface area (Å²) in [5, 5.41) is 0. The van der Waals surface area contributed by atoms with Gasteiger partial charge in [-0.3, -0.25) is 0 Å². The predicted octanol–water partition coefficient (Wildman–Crippen LogP) is 2.00. The molecule has 1 aromatic carbocycles. The van der Waals surface area contributed by atoms with Crippen molar-refractivity contribution in [3.8, 4) is 0 Å². The van der Waals surface area contributed by atoms with Gasteiger partial charge in [-0.25, -0.2) is 9.18 Å². The Kier molecular flexibility index (Phi) is 2.68. The molecule has 16 heavy (non-hydrogen) atoms. The number of halogens is 1. The Bertz CT molecular complexity index is 418. The van der Waals surface area contributed by atoms with Gasteiger partial charge < -0.3 is 9.47 Å². The van der Waals surface area contributed by atoms with Gasteiger partial charge in [0.15, 0.2) is 6.10 Å². The smallest absolute Gasteiger partial charge is 0.338 e. The summed E-state index contributed by atoms with van der Waals surface area (Å²) in [5.41, 5.74) is -0.0838. The van der Waals surface area contributed by atoms with Gasteiger partial charge in [0, 0.05) is 0 Å². The van der Waals surface area contributed by atoms with Crippen molar-refractivity contribution in [3.05, 3.63) is 35.6 Å². The molecule has 2 unspecified atom stereocenters. The van der Waals surface area contributed by atoms with Crippen molar-refractivity contribution in [2.45, 2.75) is 25.6 Å². The Morgan fingerprint density at radius 2 is 2.38 bits per heavy atom. The first-order valence-corrected chi connectivity index (χ1v) is 5.18. The van der Waals surface area contributed by atoms with Crippen LogP contribution in [0.1, 0.15) is 19.4 Å². The third-order valence-corrected chi connectivity index (χ3v) is 2.70. The largest absolute Gasteiger partial charge is 0.464 e. The first-order valence-electron chi connectivity index (χ1n) is 5.18. The SMILES string of the molecule is CCOC(=O)C1OC1(C)c1cccc(F)c1. The zero-order valence-corrected chi connectivity index (χ0v) is 9.20. The molecule has 0 bridgehead atoms. The molecular weight excluding hydrogens is 211 g/mol. The fourth-order valence-corrected chi connectivity index (χ4v) is 1.72. The fraction of sp³-hybridized carbons (Fsp3) is 0.417. The van der Waals surface area contributed by atoms with Gasteiger partial charge in [0.2, 0.25) is 0 Å². The van der Waals surface area contributed by atoms with Gasteiger partial charge in [0.25, 0.3) is 0 Å². The number of rotatable bonds is 3. The summed E-state index contributed by atoms with van der Waals surface area (Å²) in [6.45, 7) is 3.81. The first-order chi connectivity index (χ1) is 7.58. The number of esters is 1. The summed E-state index contributed by atoms with van der Waals surface area (Å²) in [4.78, 5) is 11.4. The minimum Gasteiger partial charge on any atom is -0.464 e. The molecule has 2 rings (SSSR count). The molecular formula is C12H13FO3. The van der Waals surface area contributed by atoms with Crippen molar-refractivity contribution in [1.82, 2.24) is 0 Å². The lowest BCUT2D eigenvalue weighted by Crippen LogP contribution is -2.18. The lowest BCUT2D eigenvalue weighted by molar-refractivity contribution is -0.144. The lowest BCUT2D eigenvalue weighted by atomic mass is 9.97. The maximum absolute atomic E-state index is 13.0. The van der Waals surface area contributed by atoms with Crippen molar-refractivity contribution in [2.24, 2.45) is 0 Å². The van der Waals surface area contributed by atoms with Crippen molar-refractivity contribution in [3.63, 3.8) is 0 Å². The highest BCUT2D eigenvalue weighted by molar-refractivity contribution is 5.79. The van der Waals surface area contributed by atoms with Crippen molar-refractivity contribution in [2.75, 3.05) is 6.61 Å². The summed E-state index contributed by atoms with van der Waals surface area (Å²) in [5.74, 6) is -0.730. The van der Waals surface area contributed by atoms with Crippen LogP contribution in [0.2, 0.25) is 0 Å². The zero-order valence-electron chi connectivity index (χ0n) is 9.20. The van der Waals surface area contributed by atoms with E-state index in [9.17, 15) is 9.18 Å². The van der Waals surface area contributed by atoms with Crippen LogP contribution in [0.15, 0.2) is 24.3 Å². The fourth-order valence-electron chi connectivity index (χ4n) is 1.72. The van der Waals surface area contributed by atoms with Gasteiger partial charge in [-0.15, -0.1) is 0 Å². The molecule has 0 saturated carbocycles. The highest BCUT2D eigenvalue weighted by Gasteiger charge is 2.59. The summed E-state index contributed by atoms with van der Waals surface area (Å²) < 4.78 is 23.2. The standard InChI is InChI=1S/C12H13FO3/c1-3-15-11(14)10-12(2,16-10)8-5-4-6-9(13)7-8/h4-7,10H,3H2,1-2H3. The van der Waals surface area contributed by atoms with Gasteiger partial charge in [-0.05, 0) is 31.5 Å². The summed E-state index contributed by atoms with van der Waals surface area (Å²) in [6.07, 6.45) is -0.616. The summed E-state index contributed by atoms with van der Waals surface area (Å²) >= 11 is 0. The molecule has 1 heterocycles. The summed E-state index contributed by atoms with van der Waals surface area (Å²) in [7, 11) is 0. The monoisotopic (exact) mass is 224 g/mol. The molecule has 0 N–H and O–H groups in total. The molecule has 1 aliphatic rings. The topological polar surface area (TPSA) is 38.8 Å². The van der Waals surface area contributed by atoms with Crippen LogP contribution in [-0.2, 0) is 19.9 Å². The number of hydrogen-bond acceptors (Lipinski definition) is 3. The van der Waals surface area contributed by atoms with Gasteiger partial charge in [-0.1, -0.05) is 12.1 Å². The minimum absolute atomic E-state index is 0.317. The number of carbonyl (C=O) groups is 1. The maximum Gasteiger partial charge on any atom is 0.338 e. The minimum atomic E-state index is -0.742. The van der Waals surface area contributed by atoms with Crippen molar-refractivity contribution in [1.29, 1.82) is 0 Å². The van der Waals surface area contributed by atoms with Crippen LogP contribution >= 0.6 is 0 Å². The predicted molar refractivity (Wildman–Crippen MR) is 55.3 cm³/mol. The molecule has 0 aliphatic carbocycles. The lowest BCUT2D eigenvalue weighted by Gasteiger charge is -2.06. The number of hydrogen-bond donors (Lipinski definition) is 0. The van der Waals surface area contributed by atoms with E-state index in [1.807, 2.05) is 0 Å². The Labute approximate surface area is 93.2 Å². The highest BCUT2D eigenvalue weighted by atomic mass is 19.1. The maximum atomic E-state index is 13.0. The molecule has 86 valence electrons. The molecule has 1 fully saturated rings. The van der Waals surface area contributed by atoms with E-state index in [4.69, 9.17) is 9.47 Å². The number of benzene rings is 1. The third-order valence-electron chi connectivity index (χ3n) is 2.70. The first kappa shape index (κ1) is 11.1. The van der Waals surface area contributed by atoms with Gasteiger partial charge in [0.1, 0.15) is 11.4 Å². The molecule has 1 saturated heterocycles. The highest BCUT2D eigenvalue weighted by Crippen LogP contribution is 2.46. The molecule has 1 aliphatic heterocycles. The van der Waals surface area contributed by atoms with Crippen LogP contribution in [0.25, 0.3) is 0 Å². The van der Waals surface area contributed by atoms with Crippen LogP contribution in [0, 0.1) is 5.82 Å². The van der Waals surface area contributed by atoms with Gasteiger partial charge in [0.05, 0.1) is 6.61 Å². The number of epoxide rings is 1. The molecule has 2 atom stereocenters. The van der Waals surface area contributed by atoms with E-state index in [1.54, 1.807) is 26.0 Å². The Hall–Kier alpha value is -1.42. The Morgan fingerprint density at radius 3 is 3.00 bits per heavy atom. The number of ether oxygens (including phenoxy) is 2. The quantitative estimate of drug-likeness (QED) is 0.582. The van der Waals surface area contributed by atoms with E-state index in [1.165, 1.54) is 12.1 Å². The normalized spacial score (nSPS) is 27.6. The van der Waals surface area contributed by atoms with E-state index in [2.05, 4.69) is 0 Å². The zero-order chi connectivity index (χ0) is 11.8. The second kappa shape index (κ2) is 3.87. The molecule has 3 nitrogen and oxygen atoms in total. The van der Waals surface area contributed by atoms with Crippen LogP contribution in [-0.4, -0.2) is 18.7 Å². The molecule has 4 heteroatoms. The molecule has 0 spiro atoms. The van der Waals surface area contributed by atoms with E-state index in [0.29, 0.717) is 12.2 Å². The van der Waals surface area contributed by atoms with E-state index < -0.39 is 17.7 Å². The van der Waals surface area contributed by atoms with Crippen LogP contribution < -0.4 is 0 Å². The van der Waals surface area contributed by atoms with Crippen LogP contribution in [0.5, 0.6) is 0 Å². The average molecular weight is 224 g/mol. The summed E-state index contributed by atoms with van der Waals surface area (Å²) in [6, 6.07) is 6.07. The van der Waals surface area contributed by atoms with Crippen molar-refractivity contribution >= 4 is 5.97 Å². The molecule has 1 aromatic rings. The molecule has 0 radical (unpaired) electrons. The van der Waals surface area contributed by atoms with Crippen molar-refractivity contribution < 1.29 is 18.7 Å². The Balaban J connectivity index is 2.15. The van der Waals surface area contributed by atoms with Gasteiger partial charge >= 0.3 is 5.97 Å². The van der Waals surface area contributed by atoms with Crippen LogP contribution in [0.3, 0.4) is 0 Å². The second-order valence-electron chi connectivity index (χ2n) is 3.87. The molecule has 0 amide bonds. The third kappa shape index (κ3) is 1.80. The molecule has 0 aromatic heterocycles. The average Bonchev–Trinajstić information content (AvgIpc) is 2.93.